The molecule has 3 aromatic rings. The molecule has 0 atom stereocenters. The summed E-state index contributed by atoms with van der Waals surface area (Å²) in [7, 11) is 0. The first-order chi connectivity index (χ1) is 11.1. The lowest BCUT2D eigenvalue weighted by Gasteiger charge is -2.13. The zero-order valence-electron chi connectivity index (χ0n) is 12.8. The number of amides is 1. The fourth-order valence-corrected chi connectivity index (χ4v) is 2.94. The second kappa shape index (κ2) is 6.31. The topological polar surface area (TPSA) is 48.0 Å². The van der Waals surface area contributed by atoms with Crippen LogP contribution in [0.4, 0.5) is 0 Å². The smallest absolute Gasteiger partial charge is 0.250 e. The van der Waals surface area contributed by atoms with Crippen LogP contribution in [0.2, 0.25) is 5.02 Å². The van der Waals surface area contributed by atoms with Gasteiger partial charge in [-0.3, -0.25) is 4.79 Å². The molecule has 3 rings (SSSR count). The summed E-state index contributed by atoms with van der Waals surface area (Å²) < 4.78 is 2.08. The van der Waals surface area contributed by atoms with Gasteiger partial charge in [-0.2, -0.15) is 0 Å². The van der Waals surface area contributed by atoms with Crippen molar-refractivity contribution < 1.29 is 4.79 Å². The van der Waals surface area contributed by atoms with Crippen LogP contribution in [-0.4, -0.2) is 10.5 Å². The Morgan fingerprint density at radius 3 is 2.39 bits per heavy atom. The van der Waals surface area contributed by atoms with Crippen molar-refractivity contribution in [2.24, 2.45) is 5.73 Å². The maximum absolute atomic E-state index is 11.7. The molecule has 23 heavy (non-hydrogen) atoms. The number of primary amides is 1. The maximum Gasteiger partial charge on any atom is 0.250 e. The number of aromatic nitrogens is 1. The molecule has 116 valence electrons. The summed E-state index contributed by atoms with van der Waals surface area (Å²) in [5, 5.41) is 0.709. The van der Waals surface area contributed by atoms with Gasteiger partial charge in [0, 0.05) is 23.0 Å². The first kappa shape index (κ1) is 15.4. The van der Waals surface area contributed by atoms with Crippen molar-refractivity contribution in [1.29, 1.82) is 0 Å². The number of nitrogens with zero attached hydrogens (tertiary/aromatic N) is 1. The molecular weight excluding hydrogens is 308 g/mol. The highest BCUT2D eigenvalue weighted by Gasteiger charge is 2.17. The number of nitrogens with two attached hydrogens (primary N) is 1. The van der Waals surface area contributed by atoms with E-state index >= 15 is 0 Å². The quantitative estimate of drug-likeness (QED) is 0.765. The molecule has 0 unspecified atom stereocenters. The molecule has 0 fully saturated rings. The number of halogens is 1. The van der Waals surface area contributed by atoms with Crippen molar-refractivity contribution in [2.45, 2.75) is 13.5 Å². The van der Waals surface area contributed by atoms with E-state index < -0.39 is 5.91 Å². The molecular formula is C19H17ClN2O. The van der Waals surface area contributed by atoms with Crippen LogP contribution in [0.15, 0.2) is 60.7 Å². The number of hydrogen-bond donors (Lipinski definition) is 1. The van der Waals surface area contributed by atoms with Crippen LogP contribution in [0.5, 0.6) is 0 Å². The zero-order valence-corrected chi connectivity index (χ0v) is 13.5. The lowest BCUT2D eigenvalue weighted by molar-refractivity contribution is 0.0999. The van der Waals surface area contributed by atoms with Gasteiger partial charge in [0.25, 0.3) is 5.91 Å². The molecule has 0 saturated heterocycles. The highest BCUT2D eigenvalue weighted by atomic mass is 35.5. The predicted octanol–water partition coefficient (Wildman–Crippen LogP) is 4.26. The summed E-state index contributed by atoms with van der Waals surface area (Å²) in [6.07, 6.45) is 0. The first-order valence-corrected chi connectivity index (χ1v) is 7.74. The van der Waals surface area contributed by atoms with Crippen molar-refractivity contribution in [3.05, 3.63) is 82.5 Å². The van der Waals surface area contributed by atoms with Crippen LogP contribution in [0.1, 0.15) is 21.6 Å². The van der Waals surface area contributed by atoms with Gasteiger partial charge >= 0.3 is 0 Å². The third-order valence-electron chi connectivity index (χ3n) is 3.99. The van der Waals surface area contributed by atoms with E-state index in [4.69, 9.17) is 17.3 Å². The molecule has 1 amide bonds. The van der Waals surface area contributed by atoms with Crippen molar-refractivity contribution in [1.82, 2.24) is 4.57 Å². The molecule has 1 heterocycles. The van der Waals surface area contributed by atoms with Crippen molar-refractivity contribution in [2.75, 3.05) is 0 Å². The normalized spacial score (nSPS) is 10.7. The lowest BCUT2D eigenvalue weighted by Crippen LogP contribution is -2.12. The van der Waals surface area contributed by atoms with E-state index in [1.807, 2.05) is 67.6 Å². The Morgan fingerprint density at radius 2 is 1.74 bits per heavy atom. The van der Waals surface area contributed by atoms with Crippen LogP contribution in [0, 0.1) is 6.92 Å². The van der Waals surface area contributed by atoms with Crippen LogP contribution in [-0.2, 0) is 6.54 Å². The number of hydrogen-bond acceptors (Lipinski definition) is 1. The predicted molar refractivity (Wildman–Crippen MR) is 93.7 cm³/mol. The van der Waals surface area contributed by atoms with Gasteiger partial charge in [0.2, 0.25) is 0 Å². The van der Waals surface area contributed by atoms with E-state index in [0.29, 0.717) is 17.1 Å². The number of carbonyl (C=O) groups excluding carboxylic acids is 1. The summed E-state index contributed by atoms with van der Waals surface area (Å²) in [6, 6.07) is 19.5. The number of carbonyl (C=O) groups is 1. The zero-order chi connectivity index (χ0) is 16.4. The molecule has 0 aliphatic rings. The molecule has 4 heteroatoms. The highest BCUT2D eigenvalue weighted by Crippen LogP contribution is 2.28. The molecule has 0 aliphatic carbocycles. The van der Waals surface area contributed by atoms with E-state index in [2.05, 4.69) is 4.57 Å². The Morgan fingerprint density at radius 1 is 1.09 bits per heavy atom. The van der Waals surface area contributed by atoms with E-state index in [0.717, 1.165) is 22.5 Å². The lowest BCUT2D eigenvalue weighted by atomic mass is 10.1. The average molecular weight is 325 g/mol. The Labute approximate surface area is 140 Å². The monoisotopic (exact) mass is 324 g/mol. The SMILES string of the molecule is Cc1c(C(N)=O)cc(-c2ccccc2)n1Cc1ccccc1Cl. The Kier molecular flexibility index (Phi) is 4.22. The first-order valence-electron chi connectivity index (χ1n) is 7.36. The minimum atomic E-state index is -0.419. The molecule has 3 nitrogen and oxygen atoms in total. The fraction of sp³-hybridized carbons (Fsp3) is 0.105. The minimum absolute atomic E-state index is 0.419. The fourth-order valence-electron chi connectivity index (χ4n) is 2.74. The maximum atomic E-state index is 11.7. The largest absolute Gasteiger partial charge is 0.366 e. The molecule has 2 N–H and O–H groups in total. The molecule has 0 radical (unpaired) electrons. The minimum Gasteiger partial charge on any atom is -0.366 e. The van der Waals surface area contributed by atoms with Crippen LogP contribution in [0.25, 0.3) is 11.3 Å². The van der Waals surface area contributed by atoms with E-state index in [1.165, 1.54) is 0 Å². The molecule has 1 aromatic heterocycles. The van der Waals surface area contributed by atoms with E-state index in [9.17, 15) is 4.79 Å². The van der Waals surface area contributed by atoms with Gasteiger partial charge in [-0.05, 0) is 30.2 Å². The molecule has 0 saturated carbocycles. The van der Waals surface area contributed by atoms with Crippen molar-refractivity contribution in [3.63, 3.8) is 0 Å². The van der Waals surface area contributed by atoms with Gasteiger partial charge in [0.1, 0.15) is 0 Å². The highest BCUT2D eigenvalue weighted by molar-refractivity contribution is 6.31. The Balaban J connectivity index is 2.14. The van der Waals surface area contributed by atoms with Gasteiger partial charge in [-0.1, -0.05) is 60.1 Å². The summed E-state index contributed by atoms with van der Waals surface area (Å²) in [5.41, 5.74) is 9.90. The summed E-state index contributed by atoms with van der Waals surface area (Å²) >= 11 is 6.29. The van der Waals surface area contributed by atoms with Crippen LogP contribution >= 0.6 is 11.6 Å². The molecule has 0 spiro atoms. The third-order valence-corrected chi connectivity index (χ3v) is 4.36. The Hall–Kier alpha value is -2.52. The molecule has 2 aromatic carbocycles. The second-order valence-electron chi connectivity index (χ2n) is 5.44. The standard InChI is InChI=1S/C19H17ClN2O/c1-13-16(19(21)23)11-18(14-7-3-2-4-8-14)22(13)12-15-9-5-6-10-17(15)20/h2-11H,12H2,1H3,(H2,21,23). The molecule has 0 aliphatic heterocycles. The molecule has 0 bridgehead atoms. The van der Waals surface area contributed by atoms with Crippen molar-refractivity contribution in [3.8, 4) is 11.3 Å². The number of rotatable bonds is 4. The van der Waals surface area contributed by atoms with Crippen LogP contribution < -0.4 is 5.73 Å². The van der Waals surface area contributed by atoms with Gasteiger partial charge in [-0.25, -0.2) is 0 Å². The van der Waals surface area contributed by atoms with Crippen molar-refractivity contribution >= 4 is 17.5 Å². The van der Waals surface area contributed by atoms with Gasteiger partial charge < -0.3 is 10.3 Å². The van der Waals surface area contributed by atoms with Crippen LogP contribution in [0.3, 0.4) is 0 Å². The Bertz CT molecular complexity index is 853. The van der Waals surface area contributed by atoms with Gasteiger partial charge in [0.15, 0.2) is 0 Å². The number of benzene rings is 2. The van der Waals surface area contributed by atoms with Gasteiger partial charge in [-0.15, -0.1) is 0 Å². The van der Waals surface area contributed by atoms with Gasteiger partial charge in [0.05, 0.1) is 5.56 Å². The van der Waals surface area contributed by atoms with E-state index in [-0.39, 0.29) is 0 Å². The summed E-state index contributed by atoms with van der Waals surface area (Å²) in [6.45, 7) is 2.49. The summed E-state index contributed by atoms with van der Waals surface area (Å²) in [4.78, 5) is 11.7. The van der Waals surface area contributed by atoms with E-state index in [1.54, 1.807) is 0 Å². The second-order valence-corrected chi connectivity index (χ2v) is 5.84. The summed E-state index contributed by atoms with van der Waals surface area (Å²) in [5.74, 6) is -0.419. The average Bonchev–Trinajstić information content (AvgIpc) is 2.88. The third kappa shape index (κ3) is 3.01.